The Bertz CT molecular complexity index is 1010. The van der Waals surface area contributed by atoms with Crippen LogP contribution < -0.4 is 16.0 Å². The van der Waals surface area contributed by atoms with E-state index < -0.39 is 5.91 Å². The molecule has 0 bridgehead atoms. The average Bonchev–Trinajstić information content (AvgIpc) is 3.24. The van der Waals surface area contributed by atoms with Crippen molar-refractivity contribution >= 4 is 29.1 Å². The van der Waals surface area contributed by atoms with Gasteiger partial charge in [-0.25, -0.2) is 0 Å². The van der Waals surface area contributed by atoms with Gasteiger partial charge in [0.15, 0.2) is 5.76 Å². The molecule has 0 aliphatic carbocycles. The van der Waals surface area contributed by atoms with Crippen LogP contribution in [0.3, 0.4) is 0 Å². The van der Waals surface area contributed by atoms with Crippen molar-refractivity contribution in [2.45, 2.75) is 6.92 Å². The maximum atomic E-state index is 12.5. The molecule has 0 saturated carbocycles. The minimum Gasteiger partial charge on any atom is -0.459 e. The molecule has 0 aliphatic heterocycles. The minimum atomic E-state index is -0.393. The fourth-order valence-corrected chi connectivity index (χ4v) is 2.54. The van der Waals surface area contributed by atoms with E-state index in [0.717, 1.165) is 5.56 Å². The molecule has 0 atom stereocenters. The van der Waals surface area contributed by atoms with Crippen molar-refractivity contribution in [1.82, 2.24) is 5.32 Å². The summed E-state index contributed by atoms with van der Waals surface area (Å²) >= 11 is 0. The standard InChI is InChI=1S/C21H19N3O4/c1-13-5-6-15(12-17(13)24-21(27)18-4-3-11-28-18)20(26)23-16-9-7-14(8-10-16)19(25)22-2/h3-12H,1-2H3,(H,22,25)(H,23,26)(H,24,27). The molecule has 7 heteroatoms. The predicted octanol–water partition coefficient (Wildman–Crippen LogP) is 3.45. The zero-order valence-corrected chi connectivity index (χ0v) is 15.4. The summed E-state index contributed by atoms with van der Waals surface area (Å²) in [6.07, 6.45) is 1.42. The van der Waals surface area contributed by atoms with Crippen LogP contribution in [0.15, 0.2) is 65.3 Å². The van der Waals surface area contributed by atoms with Crippen LogP contribution in [0.25, 0.3) is 0 Å². The molecule has 7 nitrogen and oxygen atoms in total. The first-order valence-electron chi connectivity index (χ1n) is 8.57. The summed E-state index contributed by atoms with van der Waals surface area (Å²) in [6.45, 7) is 1.83. The van der Waals surface area contributed by atoms with Gasteiger partial charge in [-0.15, -0.1) is 0 Å². The molecule has 1 aromatic heterocycles. The summed E-state index contributed by atoms with van der Waals surface area (Å²) in [7, 11) is 1.55. The van der Waals surface area contributed by atoms with Crippen LogP contribution in [0, 0.1) is 6.92 Å². The van der Waals surface area contributed by atoms with Gasteiger partial charge in [-0.2, -0.15) is 0 Å². The predicted molar refractivity (Wildman–Crippen MR) is 106 cm³/mol. The number of carbonyl (C=O) groups excluding carboxylic acids is 3. The van der Waals surface area contributed by atoms with Crippen LogP contribution in [0.5, 0.6) is 0 Å². The van der Waals surface area contributed by atoms with E-state index in [0.29, 0.717) is 22.5 Å². The lowest BCUT2D eigenvalue weighted by molar-refractivity contribution is 0.0961. The summed E-state index contributed by atoms with van der Waals surface area (Å²) in [6, 6.07) is 14.8. The van der Waals surface area contributed by atoms with E-state index >= 15 is 0 Å². The third kappa shape index (κ3) is 4.27. The highest BCUT2D eigenvalue weighted by molar-refractivity contribution is 6.07. The Morgan fingerprint density at radius 3 is 2.18 bits per heavy atom. The number of amides is 3. The highest BCUT2D eigenvalue weighted by Crippen LogP contribution is 2.19. The van der Waals surface area contributed by atoms with Crippen molar-refractivity contribution in [3.8, 4) is 0 Å². The van der Waals surface area contributed by atoms with Crippen LogP contribution in [0.2, 0.25) is 0 Å². The lowest BCUT2D eigenvalue weighted by Gasteiger charge is -2.11. The van der Waals surface area contributed by atoms with Crippen molar-refractivity contribution in [2.24, 2.45) is 0 Å². The van der Waals surface area contributed by atoms with Gasteiger partial charge < -0.3 is 20.4 Å². The molecular formula is C21H19N3O4. The maximum absolute atomic E-state index is 12.5. The first kappa shape index (κ1) is 18.9. The molecule has 28 heavy (non-hydrogen) atoms. The van der Waals surface area contributed by atoms with Gasteiger partial charge in [0, 0.05) is 29.5 Å². The van der Waals surface area contributed by atoms with Crippen molar-refractivity contribution < 1.29 is 18.8 Å². The lowest BCUT2D eigenvalue weighted by Crippen LogP contribution is -2.18. The number of aryl methyl sites for hydroxylation is 1. The van der Waals surface area contributed by atoms with Gasteiger partial charge in [0.2, 0.25) is 0 Å². The summed E-state index contributed by atoms with van der Waals surface area (Å²) in [5, 5.41) is 8.05. The van der Waals surface area contributed by atoms with Crippen molar-refractivity contribution in [1.29, 1.82) is 0 Å². The largest absolute Gasteiger partial charge is 0.459 e. The van der Waals surface area contributed by atoms with Gasteiger partial charge in [0.25, 0.3) is 17.7 Å². The molecule has 3 aromatic rings. The number of hydrogen-bond acceptors (Lipinski definition) is 4. The fraction of sp³-hybridized carbons (Fsp3) is 0.0952. The number of rotatable bonds is 5. The zero-order chi connectivity index (χ0) is 20.1. The number of furan rings is 1. The highest BCUT2D eigenvalue weighted by atomic mass is 16.3. The van der Waals surface area contributed by atoms with Gasteiger partial charge in [-0.05, 0) is 61.0 Å². The smallest absolute Gasteiger partial charge is 0.291 e. The van der Waals surface area contributed by atoms with Crippen LogP contribution in [0.4, 0.5) is 11.4 Å². The molecule has 0 spiro atoms. The third-order valence-electron chi connectivity index (χ3n) is 4.12. The van der Waals surface area contributed by atoms with Crippen LogP contribution in [-0.4, -0.2) is 24.8 Å². The maximum Gasteiger partial charge on any atom is 0.291 e. The molecule has 3 amide bonds. The van der Waals surface area contributed by atoms with E-state index in [-0.39, 0.29) is 17.6 Å². The normalized spacial score (nSPS) is 10.2. The first-order chi connectivity index (χ1) is 13.5. The Kier molecular flexibility index (Phi) is 5.55. The molecule has 0 saturated heterocycles. The molecule has 0 fully saturated rings. The molecule has 0 unspecified atom stereocenters. The van der Waals surface area contributed by atoms with Gasteiger partial charge in [-0.3, -0.25) is 14.4 Å². The molecule has 3 N–H and O–H groups in total. The number of benzene rings is 2. The average molecular weight is 377 g/mol. The topological polar surface area (TPSA) is 100 Å². The Hall–Kier alpha value is -3.87. The number of hydrogen-bond donors (Lipinski definition) is 3. The SMILES string of the molecule is CNC(=O)c1ccc(NC(=O)c2ccc(C)c(NC(=O)c3ccco3)c2)cc1. The van der Waals surface area contributed by atoms with Crippen molar-refractivity contribution in [2.75, 3.05) is 17.7 Å². The summed E-state index contributed by atoms with van der Waals surface area (Å²) in [5.41, 5.74) is 2.77. The number of carbonyl (C=O) groups is 3. The van der Waals surface area contributed by atoms with Gasteiger partial charge in [-0.1, -0.05) is 6.07 Å². The second-order valence-electron chi connectivity index (χ2n) is 6.07. The van der Waals surface area contributed by atoms with Crippen LogP contribution in [0.1, 0.15) is 36.8 Å². The Balaban J connectivity index is 1.73. The second-order valence-corrected chi connectivity index (χ2v) is 6.07. The monoisotopic (exact) mass is 377 g/mol. The molecule has 2 aromatic carbocycles. The van der Waals surface area contributed by atoms with Crippen LogP contribution in [-0.2, 0) is 0 Å². The number of nitrogens with one attached hydrogen (secondary N) is 3. The Morgan fingerprint density at radius 2 is 1.54 bits per heavy atom. The minimum absolute atomic E-state index is 0.186. The van der Waals surface area contributed by atoms with Crippen molar-refractivity contribution in [3.63, 3.8) is 0 Å². The van der Waals surface area contributed by atoms with E-state index in [1.54, 1.807) is 61.6 Å². The molecule has 0 radical (unpaired) electrons. The number of anilines is 2. The third-order valence-corrected chi connectivity index (χ3v) is 4.12. The fourth-order valence-electron chi connectivity index (χ4n) is 2.54. The molecule has 3 rings (SSSR count). The van der Waals surface area contributed by atoms with Crippen LogP contribution >= 0.6 is 0 Å². The van der Waals surface area contributed by atoms with E-state index in [1.807, 2.05) is 6.92 Å². The van der Waals surface area contributed by atoms with Gasteiger partial charge >= 0.3 is 0 Å². The highest BCUT2D eigenvalue weighted by Gasteiger charge is 2.13. The van der Waals surface area contributed by atoms with E-state index in [4.69, 9.17) is 4.42 Å². The van der Waals surface area contributed by atoms with E-state index in [9.17, 15) is 14.4 Å². The second kappa shape index (κ2) is 8.22. The molecule has 0 aliphatic rings. The van der Waals surface area contributed by atoms with Gasteiger partial charge in [0.1, 0.15) is 0 Å². The molecule has 1 heterocycles. The van der Waals surface area contributed by atoms with E-state index in [1.165, 1.54) is 6.26 Å². The lowest BCUT2D eigenvalue weighted by atomic mass is 10.1. The first-order valence-corrected chi connectivity index (χ1v) is 8.57. The Morgan fingerprint density at radius 1 is 0.821 bits per heavy atom. The molecular weight excluding hydrogens is 358 g/mol. The summed E-state index contributed by atoms with van der Waals surface area (Å²) in [4.78, 5) is 36.3. The summed E-state index contributed by atoms with van der Waals surface area (Å²) in [5.74, 6) is -0.740. The molecule has 142 valence electrons. The van der Waals surface area contributed by atoms with Gasteiger partial charge in [0.05, 0.1) is 6.26 Å². The quantitative estimate of drug-likeness (QED) is 0.634. The zero-order valence-electron chi connectivity index (χ0n) is 15.4. The summed E-state index contributed by atoms with van der Waals surface area (Å²) < 4.78 is 5.08. The van der Waals surface area contributed by atoms with E-state index in [2.05, 4.69) is 16.0 Å². The Labute approximate surface area is 161 Å². The van der Waals surface area contributed by atoms with Crippen molar-refractivity contribution in [3.05, 3.63) is 83.3 Å².